The topological polar surface area (TPSA) is 50.3 Å². The number of aromatic amines is 1. The average Bonchev–Trinajstić information content (AvgIpc) is 2.81. The largest absolute Gasteiger partial charge is 0.377 e. The predicted octanol–water partition coefficient (Wildman–Crippen LogP) is 1.07. The summed E-state index contributed by atoms with van der Waals surface area (Å²) in [6.07, 6.45) is 7.50. The normalized spacial score (nSPS) is 20.4. The lowest BCUT2D eigenvalue weighted by atomic mass is 10.1. The third-order valence-corrected chi connectivity index (χ3v) is 3.56. The van der Waals surface area contributed by atoms with Crippen molar-refractivity contribution < 1.29 is 4.74 Å². The SMILES string of the molecule is CCN(CCn1cc[nH]c1=O)C[C@H]1CCCCO1. The second-order valence-electron chi connectivity index (χ2n) is 4.84. The minimum Gasteiger partial charge on any atom is -0.377 e. The third-order valence-electron chi connectivity index (χ3n) is 3.56. The minimum absolute atomic E-state index is 0.0278. The van der Waals surface area contributed by atoms with Gasteiger partial charge in [0.1, 0.15) is 0 Å². The average molecular weight is 253 g/mol. The summed E-state index contributed by atoms with van der Waals surface area (Å²) in [5.74, 6) is 0. The Morgan fingerprint density at radius 1 is 1.56 bits per heavy atom. The molecule has 0 saturated carbocycles. The summed E-state index contributed by atoms with van der Waals surface area (Å²) in [6, 6.07) is 0. The number of rotatable bonds is 6. The van der Waals surface area contributed by atoms with Gasteiger partial charge in [-0.1, -0.05) is 6.92 Å². The van der Waals surface area contributed by atoms with Crippen LogP contribution in [0.1, 0.15) is 26.2 Å². The molecule has 1 N–H and O–H groups in total. The van der Waals surface area contributed by atoms with Gasteiger partial charge in [-0.15, -0.1) is 0 Å². The fourth-order valence-corrected chi connectivity index (χ4v) is 2.39. The Morgan fingerprint density at radius 2 is 2.44 bits per heavy atom. The van der Waals surface area contributed by atoms with Gasteiger partial charge in [-0.05, 0) is 25.8 Å². The zero-order valence-corrected chi connectivity index (χ0v) is 11.1. The molecule has 0 aliphatic carbocycles. The molecule has 0 spiro atoms. The number of hydrogen-bond donors (Lipinski definition) is 1. The lowest BCUT2D eigenvalue weighted by Crippen LogP contribution is -2.38. The summed E-state index contributed by atoms with van der Waals surface area (Å²) in [6.45, 7) is 6.67. The summed E-state index contributed by atoms with van der Waals surface area (Å²) < 4.78 is 7.47. The van der Waals surface area contributed by atoms with E-state index in [2.05, 4.69) is 16.8 Å². The van der Waals surface area contributed by atoms with Gasteiger partial charge in [-0.3, -0.25) is 9.47 Å². The third kappa shape index (κ3) is 3.71. The van der Waals surface area contributed by atoms with Crippen LogP contribution in [0.4, 0.5) is 0 Å². The predicted molar refractivity (Wildman–Crippen MR) is 70.8 cm³/mol. The molecule has 0 radical (unpaired) electrons. The number of nitrogens with one attached hydrogen (secondary N) is 1. The molecule has 2 heterocycles. The molecule has 5 nitrogen and oxygen atoms in total. The van der Waals surface area contributed by atoms with Crippen LogP contribution in [-0.2, 0) is 11.3 Å². The summed E-state index contributed by atoms with van der Waals surface area (Å²) in [5, 5.41) is 0. The van der Waals surface area contributed by atoms with Crippen LogP contribution >= 0.6 is 0 Å². The molecule has 0 bridgehead atoms. The molecule has 18 heavy (non-hydrogen) atoms. The molecule has 5 heteroatoms. The fourth-order valence-electron chi connectivity index (χ4n) is 2.39. The molecule has 0 aromatic carbocycles. The van der Waals surface area contributed by atoms with E-state index in [0.29, 0.717) is 6.10 Å². The molecule has 0 amide bonds. The van der Waals surface area contributed by atoms with E-state index in [9.17, 15) is 4.79 Å². The second-order valence-corrected chi connectivity index (χ2v) is 4.84. The lowest BCUT2D eigenvalue weighted by molar-refractivity contribution is -0.00534. The Bertz CT molecular complexity index is 393. The lowest BCUT2D eigenvalue weighted by Gasteiger charge is -2.29. The van der Waals surface area contributed by atoms with Crippen molar-refractivity contribution in [3.05, 3.63) is 22.9 Å². The molecule has 1 aliphatic rings. The number of nitrogens with zero attached hydrogens (tertiary/aromatic N) is 2. The summed E-state index contributed by atoms with van der Waals surface area (Å²) in [4.78, 5) is 16.4. The van der Waals surface area contributed by atoms with E-state index in [0.717, 1.165) is 32.8 Å². The first kappa shape index (κ1) is 13.4. The molecule has 1 aliphatic heterocycles. The minimum atomic E-state index is -0.0278. The van der Waals surface area contributed by atoms with Crippen LogP contribution in [0, 0.1) is 0 Å². The smallest absolute Gasteiger partial charge is 0.325 e. The number of ether oxygens (including phenoxy) is 1. The van der Waals surface area contributed by atoms with Crippen molar-refractivity contribution in [2.75, 3.05) is 26.2 Å². The Labute approximate surface area is 108 Å². The van der Waals surface area contributed by atoms with Gasteiger partial charge in [-0.2, -0.15) is 0 Å². The maximum Gasteiger partial charge on any atom is 0.325 e. The van der Waals surface area contributed by atoms with E-state index in [1.165, 1.54) is 19.3 Å². The zero-order valence-electron chi connectivity index (χ0n) is 11.1. The Kier molecular flexibility index (Phi) is 5.01. The molecule has 1 fully saturated rings. The summed E-state index contributed by atoms with van der Waals surface area (Å²) in [7, 11) is 0. The van der Waals surface area contributed by atoms with Gasteiger partial charge < -0.3 is 9.72 Å². The van der Waals surface area contributed by atoms with E-state index in [1.54, 1.807) is 17.0 Å². The van der Waals surface area contributed by atoms with Crippen molar-refractivity contribution in [2.45, 2.75) is 38.8 Å². The quantitative estimate of drug-likeness (QED) is 0.825. The van der Waals surface area contributed by atoms with Crippen molar-refractivity contribution in [3.8, 4) is 0 Å². The maximum atomic E-state index is 11.4. The van der Waals surface area contributed by atoms with Gasteiger partial charge in [0.15, 0.2) is 0 Å². The van der Waals surface area contributed by atoms with Gasteiger partial charge in [0, 0.05) is 38.6 Å². The van der Waals surface area contributed by atoms with Crippen molar-refractivity contribution in [3.63, 3.8) is 0 Å². The van der Waals surface area contributed by atoms with Crippen LogP contribution in [0.15, 0.2) is 17.2 Å². The molecule has 0 unspecified atom stereocenters. The van der Waals surface area contributed by atoms with Gasteiger partial charge in [0.05, 0.1) is 6.10 Å². The highest BCUT2D eigenvalue weighted by atomic mass is 16.5. The first-order valence-corrected chi connectivity index (χ1v) is 6.87. The number of likely N-dealkylation sites (N-methyl/N-ethyl adjacent to an activating group) is 1. The summed E-state index contributed by atoms with van der Waals surface area (Å²) in [5.41, 5.74) is -0.0278. The van der Waals surface area contributed by atoms with Crippen LogP contribution in [0.3, 0.4) is 0 Å². The van der Waals surface area contributed by atoms with E-state index in [-0.39, 0.29) is 5.69 Å². The molecule has 1 atom stereocenters. The van der Waals surface area contributed by atoms with Crippen LogP contribution in [-0.4, -0.2) is 46.8 Å². The van der Waals surface area contributed by atoms with Gasteiger partial charge in [0.25, 0.3) is 0 Å². The van der Waals surface area contributed by atoms with Crippen molar-refractivity contribution in [1.29, 1.82) is 0 Å². The second kappa shape index (κ2) is 6.75. The molecule has 102 valence electrons. The number of aromatic nitrogens is 2. The van der Waals surface area contributed by atoms with Crippen LogP contribution < -0.4 is 5.69 Å². The first-order valence-electron chi connectivity index (χ1n) is 6.87. The van der Waals surface area contributed by atoms with Crippen LogP contribution in [0.2, 0.25) is 0 Å². The standard InChI is InChI=1S/C13H23N3O2/c1-2-15(11-12-5-3-4-10-18-12)8-9-16-7-6-14-13(16)17/h6-7,12H,2-5,8-11H2,1H3,(H,14,17)/t12-/m1/s1. The Balaban J connectivity index is 1.78. The highest BCUT2D eigenvalue weighted by Crippen LogP contribution is 2.13. The highest BCUT2D eigenvalue weighted by molar-refractivity contribution is 4.77. The highest BCUT2D eigenvalue weighted by Gasteiger charge is 2.16. The van der Waals surface area contributed by atoms with Crippen molar-refractivity contribution in [2.24, 2.45) is 0 Å². The molecule has 2 rings (SSSR count). The van der Waals surface area contributed by atoms with E-state index < -0.39 is 0 Å². The van der Waals surface area contributed by atoms with E-state index >= 15 is 0 Å². The molecule has 1 saturated heterocycles. The number of H-pyrrole nitrogens is 1. The van der Waals surface area contributed by atoms with Gasteiger partial charge in [0.2, 0.25) is 0 Å². The Hall–Kier alpha value is -1.07. The first-order chi connectivity index (χ1) is 8.79. The molecule has 1 aromatic heterocycles. The molecular formula is C13H23N3O2. The number of imidazole rings is 1. The van der Waals surface area contributed by atoms with Gasteiger partial charge in [-0.25, -0.2) is 4.79 Å². The van der Waals surface area contributed by atoms with E-state index in [4.69, 9.17) is 4.74 Å². The molecular weight excluding hydrogens is 230 g/mol. The van der Waals surface area contributed by atoms with Gasteiger partial charge >= 0.3 is 5.69 Å². The Morgan fingerprint density at radius 3 is 3.06 bits per heavy atom. The van der Waals surface area contributed by atoms with Crippen molar-refractivity contribution in [1.82, 2.24) is 14.5 Å². The fraction of sp³-hybridized carbons (Fsp3) is 0.769. The summed E-state index contributed by atoms with van der Waals surface area (Å²) >= 11 is 0. The van der Waals surface area contributed by atoms with Crippen LogP contribution in [0.5, 0.6) is 0 Å². The zero-order chi connectivity index (χ0) is 12.8. The maximum absolute atomic E-state index is 11.4. The molecule has 1 aromatic rings. The van der Waals surface area contributed by atoms with Crippen molar-refractivity contribution >= 4 is 0 Å². The number of hydrogen-bond acceptors (Lipinski definition) is 3. The monoisotopic (exact) mass is 253 g/mol. The van der Waals surface area contributed by atoms with E-state index in [1.807, 2.05) is 0 Å². The van der Waals surface area contributed by atoms with Crippen LogP contribution in [0.25, 0.3) is 0 Å².